The summed E-state index contributed by atoms with van der Waals surface area (Å²) in [5.74, 6) is 2.88. The number of nitrogens with zero attached hydrogens (tertiary/aromatic N) is 3. The van der Waals surface area contributed by atoms with Crippen LogP contribution in [0.25, 0.3) is 0 Å². The minimum Gasteiger partial charge on any atom is -0.317 e. The van der Waals surface area contributed by atoms with Gasteiger partial charge in [0.1, 0.15) is 5.69 Å². The first-order chi connectivity index (χ1) is 16.4. The number of hydrogen-bond donors (Lipinski definition) is 0. The lowest BCUT2D eigenvalue weighted by Gasteiger charge is -2.50. The Labute approximate surface area is 196 Å². The molecule has 0 radical (unpaired) electrons. The lowest BCUT2D eigenvalue weighted by Crippen LogP contribution is -2.62. The molecule has 170 valence electrons. The predicted molar refractivity (Wildman–Crippen MR) is 123 cm³/mol. The first-order valence-corrected chi connectivity index (χ1v) is 11.0. The monoisotopic (exact) mass is 457 g/mol. The molecule has 1 fully saturated rings. The van der Waals surface area contributed by atoms with Gasteiger partial charge < -0.3 is 4.90 Å². The van der Waals surface area contributed by atoms with Gasteiger partial charge in [-0.05, 0) is 60.7 Å². The number of anilines is 1. The van der Waals surface area contributed by atoms with Crippen molar-refractivity contribution in [1.82, 2.24) is 9.88 Å². The molecule has 34 heavy (non-hydrogen) atoms. The SMILES string of the molecule is CN1C(=O)N(c2c(F)cc(C#Cc3ccccc3)cc2F)C(=O)CC12CCCc1ccncc12. The van der Waals surface area contributed by atoms with E-state index in [1.807, 2.05) is 24.3 Å². The van der Waals surface area contributed by atoms with Gasteiger partial charge in [0, 0.05) is 30.6 Å². The third kappa shape index (κ3) is 3.52. The van der Waals surface area contributed by atoms with E-state index in [0.29, 0.717) is 16.9 Å². The molecule has 7 heteroatoms. The van der Waals surface area contributed by atoms with E-state index in [0.717, 1.165) is 36.1 Å². The van der Waals surface area contributed by atoms with Crippen molar-refractivity contribution in [2.75, 3.05) is 11.9 Å². The van der Waals surface area contributed by atoms with Gasteiger partial charge in [0.05, 0.1) is 12.0 Å². The molecule has 0 saturated carbocycles. The number of fused-ring (bicyclic) bond motifs is 2. The first kappa shape index (κ1) is 21.8. The maximum atomic E-state index is 15.1. The zero-order valence-electron chi connectivity index (χ0n) is 18.5. The van der Waals surface area contributed by atoms with Crippen LogP contribution in [0.4, 0.5) is 19.3 Å². The Balaban J connectivity index is 1.50. The lowest BCUT2D eigenvalue weighted by molar-refractivity contribution is -0.123. The van der Waals surface area contributed by atoms with Crippen molar-refractivity contribution in [3.8, 4) is 11.8 Å². The number of urea groups is 1. The number of benzene rings is 2. The summed E-state index contributed by atoms with van der Waals surface area (Å²) in [5, 5.41) is 0. The van der Waals surface area contributed by atoms with Crippen LogP contribution in [0, 0.1) is 23.5 Å². The van der Waals surface area contributed by atoms with Crippen LogP contribution < -0.4 is 4.90 Å². The molecule has 0 N–H and O–H groups in total. The van der Waals surface area contributed by atoms with Crippen molar-refractivity contribution < 1.29 is 18.4 Å². The molecule has 5 nitrogen and oxygen atoms in total. The van der Waals surface area contributed by atoms with Gasteiger partial charge in [-0.25, -0.2) is 18.5 Å². The van der Waals surface area contributed by atoms with Gasteiger partial charge in [0.25, 0.3) is 0 Å². The molecule has 1 aromatic heterocycles. The van der Waals surface area contributed by atoms with Crippen LogP contribution in [0.3, 0.4) is 0 Å². The molecule has 2 aliphatic rings. The molecule has 1 aliphatic heterocycles. The summed E-state index contributed by atoms with van der Waals surface area (Å²) in [6, 6.07) is 12.2. The fourth-order valence-corrected chi connectivity index (χ4v) is 4.92. The third-order valence-electron chi connectivity index (χ3n) is 6.63. The highest BCUT2D eigenvalue weighted by Crippen LogP contribution is 2.46. The van der Waals surface area contributed by atoms with Crippen molar-refractivity contribution in [2.45, 2.75) is 31.2 Å². The molecule has 0 bridgehead atoms. The maximum Gasteiger partial charge on any atom is 0.332 e. The minimum absolute atomic E-state index is 0.0810. The molecule has 3 aromatic rings. The summed E-state index contributed by atoms with van der Waals surface area (Å²) in [7, 11) is 1.57. The molecule has 2 heterocycles. The Bertz CT molecular complexity index is 1340. The first-order valence-electron chi connectivity index (χ1n) is 11.0. The third-order valence-corrected chi connectivity index (χ3v) is 6.63. The van der Waals surface area contributed by atoms with Crippen LogP contribution in [0.5, 0.6) is 0 Å². The maximum absolute atomic E-state index is 15.1. The predicted octanol–water partition coefficient (Wildman–Crippen LogP) is 4.78. The highest BCUT2D eigenvalue weighted by molar-refractivity contribution is 6.16. The zero-order valence-corrected chi connectivity index (χ0v) is 18.5. The molecule has 3 amide bonds. The van der Waals surface area contributed by atoms with Crippen LogP contribution in [0.1, 0.15) is 41.5 Å². The van der Waals surface area contributed by atoms with Crippen molar-refractivity contribution in [3.63, 3.8) is 0 Å². The second-order valence-electron chi connectivity index (χ2n) is 8.57. The van der Waals surface area contributed by atoms with Gasteiger partial charge in [0.15, 0.2) is 11.6 Å². The average Bonchev–Trinajstić information content (AvgIpc) is 2.84. The van der Waals surface area contributed by atoms with Crippen molar-refractivity contribution in [2.24, 2.45) is 0 Å². The summed E-state index contributed by atoms with van der Waals surface area (Å²) in [4.78, 5) is 32.8. The quantitative estimate of drug-likeness (QED) is 0.494. The lowest BCUT2D eigenvalue weighted by atomic mass is 9.73. The number of pyridine rings is 1. The number of imide groups is 1. The number of halogens is 2. The van der Waals surface area contributed by atoms with Crippen LogP contribution in [0.2, 0.25) is 0 Å². The molecular weight excluding hydrogens is 436 g/mol. The van der Waals surface area contributed by atoms with E-state index in [-0.39, 0.29) is 12.0 Å². The zero-order chi connectivity index (χ0) is 23.9. The van der Waals surface area contributed by atoms with Gasteiger partial charge >= 0.3 is 6.03 Å². The van der Waals surface area contributed by atoms with Crippen LogP contribution >= 0.6 is 0 Å². The van der Waals surface area contributed by atoms with E-state index >= 15 is 8.78 Å². The van der Waals surface area contributed by atoms with Crippen molar-refractivity contribution >= 4 is 17.6 Å². The Morgan fingerprint density at radius 2 is 1.71 bits per heavy atom. The number of amides is 3. The van der Waals surface area contributed by atoms with Crippen molar-refractivity contribution in [1.29, 1.82) is 0 Å². The molecular formula is C27H21F2N3O2. The smallest absolute Gasteiger partial charge is 0.317 e. The fraction of sp³-hybridized carbons (Fsp3) is 0.222. The van der Waals surface area contributed by atoms with Gasteiger partial charge in [-0.1, -0.05) is 30.0 Å². The molecule has 1 spiro atoms. The molecule has 1 unspecified atom stereocenters. The minimum atomic E-state index is -1.02. The van der Waals surface area contributed by atoms with Crippen LogP contribution in [-0.4, -0.2) is 28.9 Å². The molecule has 2 aromatic carbocycles. The Kier molecular flexibility index (Phi) is 5.37. The second kappa shape index (κ2) is 8.38. The van der Waals surface area contributed by atoms with E-state index in [9.17, 15) is 9.59 Å². The van der Waals surface area contributed by atoms with Gasteiger partial charge in [0.2, 0.25) is 5.91 Å². The van der Waals surface area contributed by atoms with E-state index in [1.165, 1.54) is 4.90 Å². The van der Waals surface area contributed by atoms with Gasteiger partial charge in [-0.2, -0.15) is 0 Å². The molecule has 1 atom stereocenters. The summed E-state index contributed by atoms with van der Waals surface area (Å²) in [5.41, 5.74) is 1.10. The normalized spacial score (nSPS) is 19.6. The Morgan fingerprint density at radius 1 is 1.00 bits per heavy atom. The van der Waals surface area contributed by atoms with Gasteiger partial charge in [-0.3, -0.25) is 9.78 Å². The van der Waals surface area contributed by atoms with E-state index < -0.39 is 34.8 Å². The average molecular weight is 457 g/mol. The van der Waals surface area contributed by atoms with E-state index in [2.05, 4.69) is 16.8 Å². The van der Waals surface area contributed by atoms with Crippen LogP contribution in [-0.2, 0) is 16.8 Å². The van der Waals surface area contributed by atoms with Gasteiger partial charge in [-0.15, -0.1) is 0 Å². The Hall–Kier alpha value is -4.05. The topological polar surface area (TPSA) is 53.5 Å². The number of carbonyl (C=O) groups excluding carboxylic acids is 2. The summed E-state index contributed by atoms with van der Waals surface area (Å²) in [6.45, 7) is 0. The van der Waals surface area contributed by atoms with Crippen molar-refractivity contribution in [3.05, 3.63) is 94.8 Å². The highest BCUT2D eigenvalue weighted by atomic mass is 19.1. The van der Waals surface area contributed by atoms with E-state index in [4.69, 9.17) is 0 Å². The van der Waals surface area contributed by atoms with E-state index in [1.54, 1.807) is 31.6 Å². The standard InChI is InChI=1S/C27H21F2N3O2/c1-31-26(34)32(24(33)16-27(31)12-5-8-20-11-13-30-17-21(20)27)25-22(28)14-19(15-23(25)29)10-9-18-6-3-2-4-7-18/h2-4,6-7,11,13-15,17H,5,8,12,16H2,1H3. The summed E-state index contributed by atoms with van der Waals surface area (Å²) < 4.78 is 30.2. The summed E-state index contributed by atoms with van der Waals surface area (Å²) in [6.07, 6.45) is 5.48. The summed E-state index contributed by atoms with van der Waals surface area (Å²) >= 11 is 0. The second-order valence-corrected chi connectivity index (χ2v) is 8.57. The molecule has 1 aliphatic carbocycles. The van der Waals surface area contributed by atoms with Crippen LogP contribution in [0.15, 0.2) is 60.9 Å². The molecule has 1 saturated heterocycles. The number of hydrogen-bond acceptors (Lipinski definition) is 3. The Morgan fingerprint density at radius 3 is 2.44 bits per heavy atom. The fourth-order valence-electron chi connectivity index (χ4n) is 4.92. The number of carbonyl (C=O) groups is 2. The highest BCUT2D eigenvalue weighted by Gasteiger charge is 2.52. The molecule has 5 rings (SSSR count). The number of aromatic nitrogens is 1. The number of rotatable bonds is 1. The largest absolute Gasteiger partial charge is 0.332 e. The number of aryl methyl sites for hydroxylation is 1.